The maximum absolute atomic E-state index is 6.26. The van der Waals surface area contributed by atoms with Gasteiger partial charge >= 0.3 is 0 Å². The second kappa shape index (κ2) is 9.34. The normalized spacial score (nSPS) is 14.8. The largest absolute Gasteiger partial charge is 0.383 e. The lowest BCUT2D eigenvalue weighted by Gasteiger charge is -2.26. The zero-order valence-electron chi connectivity index (χ0n) is 18.7. The highest BCUT2D eigenvalue weighted by Gasteiger charge is 2.15. The van der Waals surface area contributed by atoms with Gasteiger partial charge in [-0.25, -0.2) is 4.98 Å². The van der Waals surface area contributed by atoms with E-state index in [0.29, 0.717) is 17.3 Å². The first-order valence-electron chi connectivity index (χ1n) is 11.0. The highest BCUT2D eigenvalue weighted by atomic mass is 32.1. The Morgan fingerprint density at radius 1 is 1.06 bits per heavy atom. The summed E-state index contributed by atoms with van der Waals surface area (Å²) in [6.45, 7) is 8.48. The van der Waals surface area contributed by atoms with Crippen LogP contribution >= 0.6 is 11.3 Å². The molecule has 4 aromatic rings. The average molecular weight is 463 g/mol. The number of hydrogen-bond acceptors (Lipinski definition) is 10. The minimum Gasteiger partial charge on any atom is -0.383 e. The van der Waals surface area contributed by atoms with Gasteiger partial charge in [0, 0.05) is 25.6 Å². The van der Waals surface area contributed by atoms with Crippen LogP contribution in [0.4, 0.5) is 17.2 Å². The van der Waals surface area contributed by atoms with Gasteiger partial charge in [0.15, 0.2) is 5.01 Å². The minimum atomic E-state index is 0.320. The molecule has 0 amide bonds. The van der Waals surface area contributed by atoms with Gasteiger partial charge in [-0.15, -0.1) is 10.2 Å². The van der Waals surface area contributed by atoms with Crippen molar-refractivity contribution in [3.8, 4) is 10.6 Å². The molecule has 0 saturated carbocycles. The molecular formula is C23H26N8OS. The Labute approximate surface area is 196 Å². The van der Waals surface area contributed by atoms with E-state index >= 15 is 0 Å². The molecule has 0 aromatic carbocycles. The molecule has 1 aliphatic heterocycles. The van der Waals surface area contributed by atoms with Crippen molar-refractivity contribution in [3.05, 3.63) is 47.4 Å². The summed E-state index contributed by atoms with van der Waals surface area (Å²) >= 11 is 1.54. The van der Waals surface area contributed by atoms with Gasteiger partial charge in [0.25, 0.3) is 0 Å². The molecule has 33 heavy (non-hydrogen) atoms. The van der Waals surface area contributed by atoms with E-state index < -0.39 is 0 Å². The Bertz CT molecular complexity index is 1250. The van der Waals surface area contributed by atoms with Crippen LogP contribution in [-0.4, -0.2) is 56.4 Å². The Balaban J connectivity index is 1.32. The molecule has 0 unspecified atom stereocenters. The number of pyridine rings is 3. The average Bonchev–Trinajstić information content (AvgIpc) is 3.31. The Hall–Kier alpha value is -3.21. The molecule has 170 valence electrons. The lowest BCUT2D eigenvalue weighted by Crippen LogP contribution is -2.35. The van der Waals surface area contributed by atoms with Gasteiger partial charge < -0.3 is 15.8 Å². The third-order valence-electron chi connectivity index (χ3n) is 5.46. The van der Waals surface area contributed by atoms with Crippen molar-refractivity contribution < 1.29 is 4.74 Å². The predicted octanol–water partition coefficient (Wildman–Crippen LogP) is 3.82. The van der Waals surface area contributed by atoms with E-state index in [-0.39, 0.29) is 0 Å². The minimum absolute atomic E-state index is 0.320. The molecule has 10 heteroatoms. The smallest absolute Gasteiger partial charge is 0.151 e. The summed E-state index contributed by atoms with van der Waals surface area (Å²) in [5, 5.41) is 13.6. The third kappa shape index (κ3) is 4.92. The van der Waals surface area contributed by atoms with Gasteiger partial charge in [-0.1, -0.05) is 25.2 Å². The van der Waals surface area contributed by atoms with Crippen molar-refractivity contribution >= 4 is 39.6 Å². The summed E-state index contributed by atoms with van der Waals surface area (Å²) in [5.74, 6) is 0.739. The molecule has 0 bridgehead atoms. The topological polar surface area (TPSA) is 115 Å². The summed E-state index contributed by atoms with van der Waals surface area (Å²) in [4.78, 5) is 16.1. The van der Waals surface area contributed by atoms with Crippen molar-refractivity contribution in [2.24, 2.45) is 0 Å². The second-order valence-electron chi connectivity index (χ2n) is 8.34. The van der Waals surface area contributed by atoms with Crippen LogP contribution in [0.15, 0.2) is 36.7 Å². The molecule has 1 aliphatic rings. The van der Waals surface area contributed by atoms with E-state index in [1.165, 1.54) is 11.3 Å². The number of nitrogens with one attached hydrogen (secondary N) is 1. The van der Waals surface area contributed by atoms with E-state index in [9.17, 15) is 0 Å². The molecule has 5 rings (SSSR count). The van der Waals surface area contributed by atoms with Crippen LogP contribution in [0.5, 0.6) is 0 Å². The van der Waals surface area contributed by atoms with Crippen molar-refractivity contribution in [3.63, 3.8) is 0 Å². The molecule has 9 nitrogen and oxygen atoms in total. The van der Waals surface area contributed by atoms with Crippen LogP contribution in [0.1, 0.15) is 30.5 Å². The summed E-state index contributed by atoms with van der Waals surface area (Å²) in [7, 11) is 0. The lowest BCUT2D eigenvalue weighted by molar-refractivity contribution is 0.0336. The number of nitrogen functional groups attached to an aromatic ring is 1. The number of anilines is 3. The summed E-state index contributed by atoms with van der Waals surface area (Å²) < 4.78 is 5.40. The SMILES string of the molecule is CC(C)c1nnc(-c2cc3ncc(Nc4ccc(CN5CCOCC5)nc4)cc3nc2N)s1. The maximum atomic E-state index is 6.26. The van der Waals surface area contributed by atoms with Gasteiger partial charge in [0.2, 0.25) is 0 Å². The van der Waals surface area contributed by atoms with Gasteiger partial charge in [-0.2, -0.15) is 0 Å². The van der Waals surface area contributed by atoms with E-state index in [1.807, 2.05) is 30.5 Å². The van der Waals surface area contributed by atoms with Gasteiger partial charge in [-0.3, -0.25) is 14.9 Å². The molecule has 0 atom stereocenters. The van der Waals surface area contributed by atoms with Crippen LogP contribution in [0.3, 0.4) is 0 Å². The van der Waals surface area contributed by atoms with Gasteiger partial charge in [-0.05, 0) is 24.3 Å². The van der Waals surface area contributed by atoms with E-state index in [4.69, 9.17) is 10.5 Å². The fraction of sp³-hybridized carbons (Fsp3) is 0.348. The molecule has 3 N–H and O–H groups in total. The number of nitrogens with two attached hydrogens (primary N) is 1. The van der Waals surface area contributed by atoms with E-state index in [0.717, 1.165) is 71.0 Å². The first kappa shape index (κ1) is 21.6. The molecule has 0 radical (unpaired) electrons. The first-order chi connectivity index (χ1) is 16.0. The fourth-order valence-electron chi connectivity index (χ4n) is 3.63. The standard InChI is InChI=1S/C23H26N8OS/c1-14(2)22-29-30-23(33-22)18-10-19-20(28-21(18)24)9-17(12-26-19)27-15-3-4-16(25-11-15)13-31-5-7-32-8-6-31/h3-4,9-12,14,27H,5-8,13H2,1-2H3,(H2,24,28). The van der Waals surface area contributed by atoms with Crippen LogP contribution in [0.25, 0.3) is 21.6 Å². The molecular weight excluding hydrogens is 436 g/mol. The number of aromatic nitrogens is 5. The zero-order valence-corrected chi connectivity index (χ0v) is 19.5. The van der Waals surface area contributed by atoms with Crippen LogP contribution in [0, 0.1) is 0 Å². The number of fused-ring (bicyclic) bond motifs is 1. The molecule has 1 saturated heterocycles. The highest BCUT2D eigenvalue weighted by Crippen LogP contribution is 2.32. The highest BCUT2D eigenvalue weighted by molar-refractivity contribution is 7.14. The number of hydrogen-bond donors (Lipinski definition) is 2. The van der Waals surface area contributed by atoms with E-state index in [1.54, 1.807) is 6.20 Å². The first-order valence-corrected chi connectivity index (χ1v) is 11.8. The molecule has 0 spiro atoms. The Kier molecular flexibility index (Phi) is 6.12. The molecule has 0 aliphatic carbocycles. The van der Waals surface area contributed by atoms with Crippen LogP contribution in [-0.2, 0) is 11.3 Å². The molecule has 1 fully saturated rings. The quantitative estimate of drug-likeness (QED) is 0.441. The molecule has 5 heterocycles. The van der Waals surface area contributed by atoms with Crippen LogP contribution < -0.4 is 11.1 Å². The monoisotopic (exact) mass is 462 g/mol. The maximum Gasteiger partial charge on any atom is 0.151 e. The zero-order chi connectivity index (χ0) is 22.8. The van der Waals surface area contributed by atoms with Gasteiger partial charge in [0.05, 0.1) is 59.3 Å². The summed E-state index contributed by atoms with van der Waals surface area (Å²) in [5.41, 5.74) is 11.2. The van der Waals surface area contributed by atoms with Crippen molar-refractivity contribution in [1.29, 1.82) is 0 Å². The number of nitrogens with zero attached hydrogens (tertiary/aromatic N) is 6. The number of morpholine rings is 1. The molecule has 4 aromatic heterocycles. The summed E-state index contributed by atoms with van der Waals surface area (Å²) in [6, 6.07) is 7.93. The van der Waals surface area contributed by atoms with Crippen molar-refractivity contribution in [2.75, 3.05) is 37.4 Å². The Morgan fingerprint density at radius 2 is 1.88 bits per heavy atom. The predicted molar refractivity (Wildman–Crippen MR) is 131 cm³/mol. The summed E-state index contributed by atoms with van der Waals surface area (Å²) in [6.07, 6.45) is 3.62. The second-order valence-corrected chi connectivity index (χ2v) is 9.34. The fourth-order valence-corrected chi connectivity index (χ4v) is 4.50. The third-order valence-corrected chi connectivity index (χ3v) is 6.72. The van der Waals surface area contributed by atoms with E-state index in [2.05, 4.69) is 49.2 Å². The van der Waals surface area contributed by atoms with Crippen LogP contribution in [0.2, 0.25) is 0 Å². The number of rotatable bonds is 6. The van der Waals surface area contributed by atoms with Crippen molar-refractivity contribution in [2.45, 2.75) is 26.3 Å². The van der Waals surface area contributed by atoms with Gasteiger partial charge in [0.1, 0.15) is 10.8 Å². The van der Waals surface area contributed by atoms with Crippen molar-refractivity contribution in [1.82, 2.24) is 30.0 Å². The number of ether oxygens (including phenoxy) is 1. The lowest BCUT2D eigenvalue weighted by atomic mass is 10.2. The Morgan fingerprint density at radius 3 is 2.61 bits per heavy atom.